The average molecular weight is 198 g/mol. The number of imide groups is 1. The third kappa shape index (κ3) is 1.74. The Morgan fingerprint density at radius 2 is 1.71 bits per heavy atom. The summed E-state index contributed by atoms with van der Waals surface area (Å²) in [6, 6.07) is -0.360. The number of amides is 3. The molecule has 4 nitrogen and oxygen atoms in total. The van der Waals surface area contributed by atoms with Crippen molar-refractivity contribution in [2.75, 3.05) is 0 Å². The van der Waals surface area contributed by atoms with E-state index in [1.165, 1.54) is 4.90 Å². The van der Waals surface area contributed by atoms with Crippen LogP contribution in [0.5, 0.6) is 0 Å². The molecule has 0 aromatic heterocycles. The fourth-order valence-electron chi connectivity index (χ4n) is 1.54. The topological polar surface area (TPSA) is 49.4 Å². The molecule has 1 saturated heterocycles. The highest BCUT2D eigenvalue weighted by molar-refractivity contribution is 5.99. The van der Waals surface area contributed by atoms with Gasteiger partial charge in [0.25, 0.3) is 0 Å². The molecule has 1 N–H and O–H groups in total. The van der Waals surface area contributed by atoms with Crippen LogP contribution in [0.2, 0.25) is 0 Å². The minimum Gasteiger partial charge on any atom is -0.334 e. The van der Waals surface area contributed by atoms with Crippen LogP contribution >= 0.6 is 0 Å². The molecule has 0 bridgehead atoms. The first-order chi connectivity index (χ1) is 6.25. The molecule has 0 radical (unpaired) electrons. The van der Waals surface area contributed by atoms with E-state index >= 15 is 0 Å². The van der Waals surface area contributed by atoms with Gasteiger partial charge in [-0.2, -0.15) is 0 Å². The third-order valence-corrected chi connectivity index (χ3v) is 2.58. The molecule has 0 aromatic carbocycles. The smallest absolute Gasteiger partial charge is 0.324 e. The molecular formula is C10H18N2O2. The lowest BCUT2D eigenvalue weighted by Gasteiger charge is -2.41. The van der Waals surface area contributed by atoms with Crippen molar-refractivity contribution < 1.29 is 9.59 Å². The maximum absolute atomic E-state index is 11.9. The highest BCUT2D eigenvalue weighted by atomic mass is 16.2. The van der Waals surface area contributed by atoms with Crippen molar-refractivity contribution in [3.63, 3.8) is 0 Å². The van der Waals surface area contributed by atoms with Crippen molar-refractivity contribution in [3.05, 3.63) is 0 Å². The zero-order valence-corrected chi connectivity index (χ0v) is 9.42. The largest absolute Gasteiger partial charge is 0.334 e. The van der Waals surface area contributed by atoms with Crippen LogP contribution in [0.1, 0.15) is 34.6 Å². The zero-order chi connectivity index (χ0) is 11.1. The van der Waals surface area contributed by atoms with E-state index in [4.69, 9.17) is 0 Å². The SMILES string of the molecule is CC1NC(=O)N(C(C)(C)C)C(=O)C1C. The van der Waals surface area contributed by atoms with Crippen LogP contribution in [0.4, 0.5) is 4.79 Å². The molecule has 4 heteroatoms. The molecule has 0 spiro atoms. The van der Waals surface area contributed by atoms with E-state index in [0.717, 1.165) is 0 Å². The average Bonchev–Trinajstić information content (AvgIpc) is 1.97. The summed E-state index contributed by atoms with van der Waals surface area (Å²) in [5.41, 5.74) is -0.449. The van der Waals surface area contributed by atoms with Crippen LogP contribution in [-0.2, 0) is 4.79 Å². The van der Waals surface area contributed by atoms with E-state index in [2.05, 4.69) is 5.32 Å². The van der Waals surface area contributed by atoms with Crippen LogP contribution in [0.25, 0.3) is 0 Å². The molecule has 2 atom stereocenters. The molecule has 80 valence electrons. The van der Waals surface area contributed by atoms with Gasteiger partial charge in [0.15, 0.2) is 0 Å². The van der Waals surface area contributed by atoms with Crippen molar-refractivity contribution in [3.8, 4) is 0 Å². The Morgan fingerprint density at radius 3 is 2.14 bits per heavy atom. The van der Waals surface area contributed by atoms with Crippen LogP contribution in [0.3, 0.4) is 0 Å². The van der Waals surface area contributed by atoms with Gasteiger partial charge in [-0.05, 0) is 27.7 Å². The van der Waals surface area contributed by atoms with Crippen LogP contribution in [-0.4, -0.2) is 28.4 Å². The van der Waals surface area contributed by atoms with Gasteiger partial charge in [-0.3, -0.25) is 9.69 Å². The molecule has 14 heavy (non-hydrogen) atoms. The number of hydrogen-bond acceptors (Lipinski definition) is 2. The normalized spacial score (nSPS) is 29.1. The van der Waals surface area contributed by atoms with Gasteiger partial charge in [-0.15, -0.1) is 0 Å². The first-order valence-electron chi connectivity index (χ1n) is 4.89. The molecule has 2 unspecified atom stereocenters. The summed E-state index contributed by atoms with van der Waals surface area (Å²) < 4.78 is 0. The number of nitrogens with zero attached hydrogens (tertiary/aromatic N) is 1. The summed E-state index contributed by atoms with van der Waals surface area (Å²) in [5, 5.41) is 2.78. The molecule has 1 aliphatic heterocycles. The number of carbonyl (C=O) groups excluding carboxylic acids is 2. The fourth-order valence-corrected chi connectivity index (χ4v) is 1.54. The molecule has 1 fully saturated rings. The lowest BCUT2D eigenvalue weighted by Crippen LogP contribution is -2.63. The maximum atomic E-state index is 11.9. The molecule has 0 aromatic rings. The van der Waals surface area contributed by atoms with E-state index in [9.17, 15) is 9.59 Å². The summed E-state index contributed by atoms with van der Waals surface area (Å²) in [7, 11) is 0. The van der Waals surface area contributed by atoms with Gasteiger partial charge in [-0.25, -0.2) is 4.79 Å². The van der Waals surface area contributed by atoms with Crippen molar-refractivity contribution in [1.82, 2.24) is 10.2 Å². The van der Waals surface area contributed by atoms with Crippen molar-refractivity contribution in [2.24, 2.45) is 5.92 Å². The fraction of sp³-hybridized carbons (Fsp3) is 0.800. The summed E-state index contributed by atoms with van der Waals surface area (Å²) >= 11 is 0. The number of rotatable bonds is 0. The minimum absolute atomic E-state index is 0.0754. The summed E-state index contributed by atoms with van der Waals surface area (Å²) in [4.78, 5) is 24.8. The quantitative estimate of drug-likeness (QED) is 0.639. The van der Waals surface area contributed by atoms with Gasteiger partial charge < -0.3 is 5.32 Å². The molecule has 1 aliphatic rings. The maximum Gasteiger partial charge on any atom is 0.324 e. The number of urea groups is 1. The second kappa shape index (κ2) is 3.26. The predicted octanol–water partition coefficient (Wildman–Crippen LogP) is 1.36. The van der Waals surface area contributed by atoms with Crippen molar-refractivity contribution in [2.45, 2.75) is 46.2 Å². The molecule has 1 heterocycles. The van der Waals surface area contributed by atoms with E-state index in [1.807, 2.05) is 34.6 Å². The molecular weight excluding hydrogens is 180 g/mol. The van der Waals surface area contributed by atoms with Crippen LogP contribution in [0, 0.1) is 5.92 Å². The Morgan fingerprint density at radius 1 is 1.21 bits per heavy atom. The number of hydrogen-bond donors (Lipinski definition) is 1. The summed E-state index contributed by atoms with van der Waals surface area (Å²) in [6.45, 7) is 9.25. The Kier molecular flexibility index (Phi) is 2.56. The first kappa shape index (κ1) is 11.0. The second-order valence-electron chi connectivity index (χ2n) is 4.87. The monoisotopic (exact) mass is 198 g/mol. The Hall–Kier alpha value is -1.06. The number of nitrogens with one attached hydrogen (secondary N) is 1. The predicted molar refractivity (Wildman–Crippen MR) is 53.8 cm³/mol. The van der Waals surface area contributed by atoms with Crippen LogP contribution in [0.15, 0.2) is 0 Å². The van der Waals surface area contributed by atoms with Gasteiger partial charge in [0.2, 0.25) is 5.91 Å². The van der Waals surface area contributed by atoms with Gasteiger partial charge in [0.05, 0.1) is 5.92 Å². The number of carbonyl (C=O) groups is 2. The minimum atomic E-state index is -0.449. The van der Waals surface area contributed by atoms with E-state index in [1.54, 1.807) is 0 Å². The van der Waals surface area contributed by atoms with E-state index in [0.29, 0.717) is 0 Å². The third-order valence-electron chi connectivity index (χ3n) is 2.58. The summed E-state index contributed by atoms with van der Waals surface area (Å²) in [5.74, 6) is -0.235. The van der Waals surface area contributed by atoms with Gasteiger partial charge >= 0.3 is 6.03 Å². The van der Waals surface area contributed by atoms with Gasteiger partial charge in [-0.1, -0.05) is 6.92 Å². The Balaban J connectivity index is 2.97. The lowest BCUT2D eigenvalue weighted by molar-refractivity contribution is -0.138. The first-order valence-corrected chi connectivity index (χ1v) is 4.89. The summed E-state index contributed by atoms with van der Waals surface area (Å²) in [6.07, 6.45) is 0. The second-order valence-corrected chi connectivity index (χ2v) is 4.87. The Labute approximate surface area is 84.7 Å². The van der Waals surface area contributed by atoms with Gasteiger partial charge in [0.1, 0.15) is 0 Å². The molecule has 0 saturated carbocycles. The molecule has 1 rings (SSSR count). The van der Waals surface area contributed by atoms with E-state index in [-0.39, 0.29) is 23.9 Å². The molecule has 3 amide bonds. The molecule has 0 aliphatic carbocycles. The van der Waals surface area contributed by atoms with Gasteiger partial charge in [0, 0.05) is 11.6 Å². The van der Waals surface area contributed by atoms with E-state index < -0.39 is 5.54 Å². The van der Waals surface area contributed by atoms with Crippen LogP contribution < -0.4 is 5.32 Å². The lowest BCUT2D eigenvalue weighted by atomic mass is 9.95. The highest BCUT2D eigenvalue weighted by Gasteiger charge is 2.41. The zero-order valence-electron chi connectivity index (χ0n) is 9.42. The van der Waals surface area contributed by atoms with Crippen molar-refractivity contribution in [1.29, 1.82) is 0 Å². The van der Waals surface area contributed by atoms with Crippen molar-refractivity contribution >= 4 is 11.9 Å². The standard InChI is InChI=1S/C10H18N2O2/c1-6-7(2)11-9(14)12(8(6)13)10(3,4)5/h6-7H,1-5H3,(H,11,14). The Bertz CT molecular complexity index is 268. The highest BCUT2D eigenvalue weighted by Crippen LogP contribution is 2.22.